The lowest BCUT2D eigenvalue weighted by atomic mass is 9.45. The summed E-state index contributed by atoms with van der Waals surface area (Å²) < 4.78 is 47.6. The van der Waals surface area contributed by atoms with Crippen LogP contribution in [0.1, 0.15) is 77.9 Å². The average molecular weight is 764 g/mol. The number of aryl methyl sites for hydroxylation is 1. The van der Waals surface area contributed by atoms with Gasteiger partial charge < -0.3 is 48.1 Å². The zero-order valence-corrected chi connectivity index (χ0v) is 31.1. The van der Waals surface area contributed by atoms with Crippen LogP contribution in [0.4, 0.5) is 0 Å². The molecule has 1 aromatic rings. The number of aliphatic hydroxyl groups excluding tert-OH is 1. The van der Waals surface area contributed by atoms with E-state index in [1.165, 1.54) is 32.2 Å². The first-order chi connectivity index (χ1) is 25.1. The highest BCUT2D eigenvalue weighted by atomic mass is 16.7. The van der Waals surface area contributed by atoms with E-state index < -0.39 is 126 Å². The standard InChI is InChI=1S/C36H45NO17/c1-16-11-12-23-22(10-9-13-37-23)32(45)48-14-33(7)24-25(43)28(51-20(5)41)35(15-47-17(2)38)30(52-21(6)42)26(49-18(3)39)29(53-31(16)44)34(8,46)36(35,54-33)27(24)50-19(4)40/h9-10,13,16,24-30,43,46H,11-12,14-15H2,1-8H3/t16-,24+,25+,26-,27+,28+,29-,30-,33-,34-,35+,36-/m0/s1. The van der Waals surface area contributed by atoms with E-state index in [4.69, 9.17) is 37.9 Å². The molecule has 54 heavy (non-hydrogen) atoms. The van der Waals surface area contributed by atoms with Gasteiger partial charge in [-0.15, -0.1) is 0 Å². The maximum atomic E-state index is 14.0. The first kappa shape index (κ1) is 40.5. The molecule has 12 atom stereocenters. The molecular formula is C36H45NO17. The van der Waals surface area contributed by atoms with Crippen LogP contribution < -0.4 is 0 Å². The van der Waals surface area contributed by atoms with E-state index >= 15 is 0 Å². The number of esters is 7. The van der Waals surface area contributed by atoms with Crippen LogP contribution in [0.15, 0.2) is 18.3 Å². The number of ether oxygens (including phenoxy) is 8. The summed E-state index contributed by atoms with van der Waals surface area (Å²) in [5, 5.41) is 25.7. The van der Waals surface area contributed by atoms with E-state index in [1.54, 1.807) is 0 Å². The lowest BCUT2D eigenvalue weighted by Crippen LogP contribution is -2.89. The molecule has 3 heterocycles. The van der Waals surface area contributed by atoms with Crippen LogP contribution in [0.5, 0.6) is 0 Å². The summed E-state index contributed by atoms with van der Waals surface area (Å²) in [5.74, 6) is -9.37. The van der Waals surface area contributed by atoms with Gasteiger partial charge in [-0.2, -0.15) is 0 Å². The lowest BCUT2D eigenvalue weighted by Gasteiger charge is -2.67. The number of rotatable bonds is 6. The van der Waals surface area contributed by atoms with Gasteiger partial charge in [-0.25, -0.2) is 4.79 Å². The van der Waals surface area contributed by atoms with Crippen LogP contribution in [-0.2, 0) is 73.1 Å². The maximum absolute atomic E-state index is 14.0. The fourth-order valence-corrected chi connectivity index (χ4v) is 8.87. The highest BCUT2D eigenvalue weighted by Gasteiger charge is 2.91. The summed E-state index contributed by atoms with van der Waals surface area (Å²) in [4.78, 5) is 96.6. The van der Waals surface area contributed by atoms with Gasteiger partial charge in [0.15, 0.2) is 23.9 Å². The van der Waals surface area contributed by atoms with Gasteiger partial charge in [-0.05, 0) is 38.8 Å². The Kier molecular flexibility index (Phi) is 10.9. The molecule has 4 bridgehead atoms. The molecule has 296 valence electrons. The number of carbonyl (C=O) groups is 7. The van der Waals surface area contributed by atoms with Crippen LogP contribution in [0.2, 0.25) is 0 Å². The first-order valence-corrected chi connectivity index (χ1v) is 17.4. The van der Waals surface area contributed by atoms with Crippen LogP contribution in [0, 0.1) is 17.3 Å². The van der Waals surface area contributed by atoms with Crippen molar-refractivity contribution in [3.8, 4) is 0 Å². The Morgan fingerprint density at radius 1 is 0.889 bits per heavy atom. The molecule has 3 fully saturated rings. The van der Waals surface area contributed by atoms with Crippen LogP contribution >= 0.6 is 0 Å². The molecule has 0 unspecified atom stereocenters. The van der Waals surface area contributed by atoms with Crippen LogP contribution in [0.3, 0.4) is 0 Å². The van der Waals surface area contributed by atoms with Gasteiger partial charge in [0.05, 0.1) is 23.1 Å². The summed E-state index contributed by atoms with van der Waals surface area (Å²) in [7, 11) is 0. The maximum Gasteiger partial charge on any atom is 0.340 e. The van der Waals surface area contributed by atoms with Crippen molar-refractivity contribution < 1.29 is 81.7 Å². The summed E-state index contributed by atoms with van der Waals surface area (Å²) in [5.41, 5.74) is -9.67. The molecule has 2 aliphatic carbocycles. The Labute approximate surface area is 310 Å². The van der Waals surface area contributed by atoms with Gasteiger partial charge in [0.25, 0.3) is 0 Å². The highest BCUT2D eigenvalue weighted by Crippen LogP contribution is 2.69. The van der Waals surface area contributed by atoms with E-state index in [2.05, 4.69) is 4.98 Å². The Hall–Kier alpha value is -4.68. The van der Waals surface area contributed by atoms with Crippen molar-refractivity contribution in [2.45, 2.75) is 122 Å². The third kappa shape index (κ3) is 6.46. The number of hydrogen-bond acceptors (Lipinski definition) is 18. The highest BCUT2D eigenvalue weighted by molar-refractivity contribution is 5.90. The summed E-state index contributed by atoms with van der Waals surface area (Å²) in [6.45, 7) is 7.22. The Balaban J connectivity index is 1.94. The Morgan fingerprint density at radius 2 is 1.48 bits per heavy atom. The molecule has 4 aliphatic rings. The molecule has 1 aromatic heterocycles. The number of carbonyl (C=O) groups excluding carboxylic acids is 7. The van der Waals surface area contributed by atoms with E-state index in [9.17, 15) is 43.8 Å². The van der Waals surface area contributed by atoms with Crippen molar-refractivity contribution in [3.63, 3.8) is 0 Å². The predicted octanol–water partition coefficient (Wildman–Crippen LogP) is 0.292. The van der Waals surface area contributed by atoms with Crippen molar-refractivity contribution in [3.05, 3.63) is 29.6 Å². The number of fused-ring (bicyclic) bond motifs is 5. The number of hydrogen-bond donors (Lipinski definition) is 2. The number of aliphatic hydroxyl groups is 2. The number of aromatic nitrogens is 1. The molecular weight excluding hydrogens is 718 g/mol. The molecule has 2 aliphatic heterocycles. The average Bonchev–Trinajstić information content (AvgIpc) is 3.29. The Morgan fingerprint density at radius 3 is 2.07 bits per heavy atom. The van der Waals surface area contributed by atoms with Gasteiger partial charge in [0.2, 0.25) is 0 Å². The van der Waals surface area contributed by atoms with Crippen LogP contribution in [-0.4, -0.2) is 124 Å². The third-order valence-electron chi connectivity index (χ3n) is 10.9. The van der Waals surface area contributed by atoms with Crippen molar-refractivity contribution in [2.75, 3.05) is 13.2 Å². The molecule has 0 amide bonds. The van der Waals surface area contributed by atoms with Gasteiger partial charge >= 0.3 is 41.8 Å². The molecule has 1 saturated heterocycles. The van der Waals surface area contributed by atoms with E-state index in [0.29, 0.717) is 0 Å². The fraction of sp³-hybridized carbons (Fsp3) is 0.667. The summed E-state index contributed by atoms with van der Waals surface area (Å²) >= 11 is 0. The second-order valence-electron chi connectivity index (χ2n) is 14.7. The zero-order valence-electron chi connectivity index (χ0n) is 31.1. The number of nitrogens with zero attached hydrogens (tertiary/aromatic N) is 1. The minimum atomic E-state index is -2.76. The van der Waals surface area contributed by atoms with E-state index in [0.717, 1.165) is 41.5 Å². The quantitative estimate of drug-likeness (QED) is 0.292. The fourth-order valence-electron chi connectivity index (χ4n) is 8.87. The molecule has 2 saturated carbocycles. The second kappa shape index (κ2) is 14.5. The SMILES string of the molecule is CC(=O)OC[C@]12[C@H](OC(C)=O)[C@H](O)[C@@H]3[C@@H](OC(C)=O)[C@@]14O[C@@]3(C)COC(=O)c1cccnc1CC[C@H](C)C(=O)O[C@@H]([C@H](OC(C)=O)[C@@H]2OC(C)=O)[C@]4(C)O. The summed E-state index contributed by atoms with van der Waals surface area (Å²) in [6.07, 6.45) is -10.3. The van der Waals surface area contributed by atoms with Gasteiger partial charge in [-0.1, -0.05) is 6.92 Å². The zero-order chi connectivity index (χ0) is 40.1. The molecule has 18 nitrogen and oxygen atoms in total. The summed E-state index contributed by atoms with van der Waals surface area (Å²) in [6, 6.07) is 2.97. The van der Waals surface area contributed by atoms with Crippen molar-refractivity contribution in [1.82, 2.24) is 4.98 Å². The van der Waals surface area contributed by atoms with Crippen molar-refractivity contribution >= 4 is 41.8 Å². The molecule has 18 heteroatoms. The second-order valence-corrected chi connectivity index (χ2v) is 14.7. The predicted molar refractivity (Wildman–Crippen MR) is 176 cm³/mol. The van der Waals surface area contributed by atoms with Crippen LogP contribution in [0.25, 0.3) is 0 Å². The topological polar surface area (TPSA) is 247 Å². The minimum Gasteiger partial charge on any atom is -0.465 e. The smallest absolute Gasteiger partial charge is 0.340 e. The van der Waals surface area contributed by atoms with E-state index in [-0.39, 0.29) is 24.1 Å². The van der Waals surface area contributed by atoms with Gasteiger partial charge in [-0.3, -0.25) is 33.8 Å². The Bertz CT molecular complexity index is 1730. The molecule has 1 spiro atoms. The minimum absolute atomic E-state index is 0.0466. The van der Waals surface area contributed by atoms with Crippen molar-refractivity contribution in [1.29, 1.82) is 0 Å². The normalized spacial score (nSPS) is 38.6. The van der Waals surface area contributed by atoms with Crippen molar-refractivity contribution in [2.24, 2.45) is 17.3 Å². The molecule has 5 rings (SSSR count). The largest absolute Gasteiger partial charge is 0.465 e. The van der Waals surface area contributed by atoms with E-state index in [1.807, 2.05) is 0 Å². The monoisotopic (exact) mass is 763 g/mol. The molecule has 0 aromatic carbocycles. The first-order valence-electron chi connectivity index (χ1n) is 17.4. The molecule has 0 radical (unpaired) electrons. The van der Waals surface area contributed by atoms with Gasteiger partial charge in [0.1, 0.15) is 48.1 Å². The number of pyridine rings is 1. The molecule has 2 N–H and O–H groups in total. The van der Waals surface area contributed by atoms with Gasteiger partial charge in [0, 0.05) is 40.8 Å². The number of cyclic esters (lactones) is 1. The third-order valence-corrected chi connectivity index (χ3v) is 10.9. The lowest BCUT2D eigenvalue weighted by molar-refractivity contribution is -0.386.